The molecule has 0 aliphatic carbocycles. The van der Waals surface area contributed by atoms with Crippen molar-refractivity contribution in [3.8, 4) is 0 Å². The highest BCUT2D eigenvalue weighted by Crippen LogP contribution is 2.18. The number of hydrogen-bond acceptors (Lipinski definition) is 4. The Morgan fingerprint density at radius 2 is 2.05 bits per heavy atom. The van der Waals surface area contributed by atoms with Crippen molar-refractivity contribution in [2.24, 2.45) is 0 Å². The summed E-state index contributed by atoms with van der Waals surface area (Å²) in [5.74, 6) is -0.103. The van der Waals surface area contributed by atoms with E-state index in [-0.39, 0.29) is 12.1 Å². The molecule has 1 heterocycles. The lowest BCUT2D eigenvalue weighted by Gasteiger charge is -2.10. The maximum absolute atomic E-state index is 10.9. The van der Waals surface area contributed by atoms with Crippen LogP contribution in [-0.4, -0.2) is 42.3 Å². The molecule has 120 valence electrons. The number of rotatable bonds is 11. The number of carbonyl (C=O) groups excluding carboxylic acids is 1. The Hall–Kier alpha value is -1.10. The van der Waals surface area contributed by atoms with Crippen molar-refractivity contribution in [1.82, 2.24) is 4.90 Å². The van der Waals surface area contributed by atoms with Crippen molar-refractivity contribution in [2.75, 3.05) is 20.2 Å². The largest absolute Gasteiger partial charge is 0.469 e. The molecule has 0 N–H and O–H groups in total. The quantitative estimate of drug-likeness (QED) is 0.253. The van der Waals surface area contributed by atoms with E-state index in [0.717, 1.165) is 32.4 Å². The molecular formula is C16H27NO3S. The first-order chi connectivity index (χ1) is 10.2. The summed E-state index contributed by atoms with van der Waals surface area (Å²) in [5, 5.41) is 0.614. The number of methoxy groups -OCH3 is 1. The van der Waals surface area contributed by atoms with Gasteiger partial charge in [0.2, 0.25) is 0 Å². The van der Waals surface area contributed by atoms with Gasteiger partial charge in [0.1, 0.15) is 6.10 Å². The highest BCUT2D eigenvalue weighted by atomic mass is 32.1. The molecule has 1 rings (SSSR count). The van der Waals surface area contributed by atoms with Gasteiger partial charge in [-0.1, -0.05) is 31.8 Å². The van der Waals surface area contributed by atoms with Crippen molar-refractivity contribution < 1.29 is 14.3 Å². The van der Waals surface area contributed by atoms with Crippen LogP contribution >= 0.6 is 12.2 Å². The summed E-state index contributed by atoms with van der Waals surface area (Å²) in [6.07, 6.45) is 10.5. The third-order valence-electron chi connectivity index (χ3n) is 3.68. The van der Waals surface area contributed by atoms with Crippen LogP contribution < -0.4 is 0 Å². The fourth-order valence-electron chi connectivity index (χ4n) is 2.48. The average molecular weight is 313 g/mol. The van der Waals surface area contributed by atoms with Gasteiger partial charge in [-0.05, 0) is 31.5 Å². The van der Waals surface area contributed by atoms with Crippen LogP contribution in [0, 0.1) is 0 Å². The van der Waals surface area contributed by atoms with Gasteiger partial charge in [-0.15, -0.1) is 6.58 Å². The summed E-state index contributed by atoms with van der Waals surface area (Å²) < 4.78 is 10.3. The van der Waals surface area contributed by atoms with Crippen molar-refractivity contribution >= 4 is 23.4 Å². The van der Waals surface area contributed by atoms with Crippen LogP contribution in [0.2, 0.25) is 0 Å². The summed E-state index contributed by atoms with van der Waals surface area (Å²) in [6.45, 7) is 5.39. The summed E-state index contributed by atoms with van der Waals surface area (Å²) in [6, 6.07) is 0. The molecule has 0 saturated carbocycles. The van der Waals surface area contributed by atoms with Crippen molar-refractivity contribution in [2.45, 2.75) is 57.5 Å². The molecule has 0 bridgehead atoms. The Bertz CT molecular complexity index is 346. The predicted octanol–water partition coefficient (Wildman–Crippen LogP) is 3.45. The van der Waals surface area contributed by atoms with Crippen LogP contribution in [0.1, 0.15) is 51.4 Å². The number of thiocarbonyl (C=S) groups is 1. The number of esters is 1. The average Bonchev–Trinajstić information content (AvgIpc) is 2.82. The minimum absolute atomic E-state index is 0.103. The smallest absolute Gasteiger partial charge is 0.305 e. The van der Waals surface area contributed by atoms with Crippen LogP contribution in [0.5, 0.6) is 0 Å². The highest BCUT2D eigenvalue weighted by Gasteiger charge is 2.26. The highest BCUT2D eigenvalue weighted by molar-refractivity contribution is 7.80. The minimum Gasteiger partial charge on any atom is -0.469 e. The standard InChI is InChI=1S/C16H27NO3S/c1-3-12-17-13-14(20-16(17)21)10-8-6-4-5-7-9-11-15(18)19-2/h3,14H,1,4-13H2,2H3. The molecule has 4 nitrogen and oxygen atoms in total. The fourth-order valence-corrected chi connectivity index (χ4v) is 2.77. The summed E-state index contributed by atoms with van der Waals surface area (Å²) in [5.41, 5.74) is 0. The second kappa shape index (κ2) is 10.6. The molecule has 0 aromatic rings. The molecule has 0 aromatic carbocycles. The molecule has 0 spiro atoms. The first kappa shape index (κ1) is 18.0. The number of nitrogens with zero attached hydrogens (tertiary/aromatic N) is 1. The fraction of sp³-hybridized carbons (Fsp3) is 0.750. The van der Waals surface area contributed by atoms with Gasteiger partial charge in [0.05, 0.1) is 13.7 Å². The van der Waals surface area contributed by atoms with Gasteiger partial charge in [0.25, 0.3) is 5.17 Å². The maximum atomic E-state index is 10.9. The predicted molar refractivity (Wildman–Crippen MR) is 88.2 cm³/mol. The van der Waals surface area contributed by atoms with Gasteiger partial charge in [-0.3, -0.25) is 4.79 Å². The Morgan fingerprint density at radius 1 is 1.38 bits per heavy atom. The van der Waals surface area contributed by atoms with Crippen LogP contribution in [-0.2, 0) is 14.3 Å². The van der Waals surface area contributed by atoms with E-state index in [1.54, 1.807) is 0 Å². The monoisotopic (exact) mass is 313 g/mol. The minimum atomic E-state index is -0.103. The van der Waals surface area contributed by atoms with Crippen LogP contribution in [0.15, 0.2) is 12.7 Å². The SMILES string of the molecule is C=CCN1CC(CCCCCCCCC(=O)OC)OC1=S. The van der Waals surface area contributed by atoms with E-state index in [0.29, 0.717) is 11.6 Å². The first-order valence-corrected chi connectivity index (χ1v) is 8.21. The molecule has 1 atom stereocenters. The zero-order valence-electron chi connectivity index (χ0n) is 13.0. The second-order valence-electron chi connectivity index (χ2n) is 5.44. The zero-order chi connectivity index (χ0) is 15.5. The Morgan fingerprint density at radius 3 is 2.71 bits per heavy atom. The molecule has 1 fully saturated rings. The number of unbranched alkanes of at least 4 members (excludes halogenated alkanes) is 5. The molecule has 5 heteroatoms. The molecule has 1 aliphatic rings. The van der Waals surface area contributed by atoms with Crippen molar-refractivity contribution in [1.29, 1.82) is 0 Å². The normalized spacial score (nSPS) is 17.7. The maximum Gasteiger partial charge on any atom is 0.305 e. The van der Waals surface area contributed by atoms with E-state index < -0.39 is 0 Å². The number of ether oxygens (including phenoxy) is 2. The number of hydrogen-bond donors (Lipinski definition) is 0. The molecule has 1 aliphatic heterocycles. The Balaban J connectivity index is 1.94. The molecular weight excluding hydrogens is 286 g/mol. The van der Waals surface area contributed by atoms with Gasteiger partial charge < -0.3 is 14.4 Å². The van der Waals surface area contributed by atoms with Crippen LogP contribution in [0.4, 0.5) is 0 Å². The van der Waals surface area contributed by atoms with E-state index >= 15 is 0 Å². The van der Waals surface area contributed by atoms with Crippen LogP contribution in [0.3, 0.4) is 0 Å². The molecule has 1 saturated heterocycles. The topological polar surface area (TPSA) is 38.8 Å². The zero-order valence-corrected chi connectivity index (χ0v) is 13.8. The van der Waals surface area contributed by atoms with Gasteiger partial charge in [-0.25, -0.2) is 0 Å². The van der Waals surface area contributed by atoms with Gasteiger partial charge in [-0.2, -0.15) is 0 Å². The van der Waals surface area contributed by atoms with E-state index in [1.165, 1.54) is 32.8 Å². The van der Waals surface area contributed by atoms with Gasteiger partial charge in [0, 0.05) is 13.0 Å². The lowest BCUT2D eigenvalue weighted by Crippen LogP contribution is -2.24. The third-order valence-corrected chi connectivity index (χ3v) is 4.04. The number of carbonyl (C=O) groups is 1. The first-order valence-electron chi connectivity index (χ1n) is 7.80. The van der Waals surface area contributed by atoms with Gasteiger partial charge in [0.15, 0.2) is 0 Å². The molecule has 0 aromatic heterocycles. The molecule has 0 radical (unpaired) electrons. The van der Waals surface area contributed by atoms with E-state index in [2.05, 4.69) is 16.2 Å². The molecule has 21 heavy (non-hydrogen) atoms. The van der Waals surface area contributed by atoms with Gasteiger partial charge >= 0.3 is 5.97 Å². The van der Waals surface area contributed by atoms with Crippen LogP contribution in [0.25, 0.3) is 0 Å². The van der Waals surface area contributed by atoms with E-state index in [4.69, 9.17) is 17.0 Å². The third kappa shape index (κ3) is 7.46. The van der Waals surface area contributed by atoms with E-state index in [9.17, 15) is 4.79 Å². The summed E-state index contributed by atoms with van der Waals surface area (Å²) in [7, 11) is 1.44. The lowest BCUT2D eigenvalue weighted by atomic mass is 10.1. The summed E-state index contributed by atoms with van der Waals surface area (Å²) in [4.78, 5) is 13.0. The lowest BCUT2D eigenvalue weighted by molar-refractivity contribution is -0.140. The second-order valence-corrected chi connectivity index (χ2v) is 5.78. The van der Waals surface area contributed by atoms with Crippen molar-refractivity contribution in [3.63, 3.8) is 0 Å². The van der Waals surface area contributed by atoms with Crippen molar-refractivity contribution in [3.05, 3.63) is 12.7 Å². The molecule has 0 amide bonds. The summed E-state index contributed by atoms with van der Waals surface area (Å²) >= 11 is 5.18. The molecule has 1 unspecified atom stereocenters. The Labute approximate surface area is 133 Å². The Kier molecular flexibility index (Phi) is 9.06. The van der Waals surface area contributed by atoms with E-state index in [1.807, 2.05) is 6.08 Å².